The highest BCUT2D eigenvalue weighted by Crippen LogP contribution is 2.25. The number of carbonyl (C=O) groups is 1. The molecule has 1 aliphatic rings. The number of nitrogens with one attached hydrogen (secondary N) is 1. The Balaban J connectivity index is 1.59. The molecule has 1 N–H and O–H groups in total. The van der Waals surface area contributed by atoms with Gasteiger partial charge in [-0.05, 0) is 54.6 Å². The highest BCUT2D eigenvalue weighted by molar-refractivity contribution is 7.92. The SMILES string of the molecule is CCCCCS(=O)(=O)CC(=O)NCc1ccccc1-c1ccc(CN2CCCC2)cc1. The zero-order valence-corrected chi connectivity index (χ0v) is 19.3. The number of likely N-dealkylation sites (tertiary alicyclic amines) is 1. The molecule has 1 amide bonds. The molecule has 2 aromatic rings. The fraction of sp³-hybridized carbons (Fsp3) is 0.480. The highest BCUT2D eigenvalue weighted by atomic mass is 32.2. The average molecular weight is 443 g/mol. The van der Waals surface area contributed by atoms with Crippen LogP contribution in [0.5, 0.6) is 0 Å². The van der Waals surface area contributed by atoms with Gasteiger partial charge in [0.25, 0.3) is 0 Å². The molecule has 31 heavy (non-hydrogen) atoms. The van der Waals surface area contributed by atoms with Gasteiger partial charge in [-0.25, -0.2) is 8.42 Å². The van der Waals surface area contributed by atoms with E-state index in [1.165, 1.54) is 31.5 Å². The number of rotatable bonds is 11. The predicted octanol–water partition coefficient (Wildman–Crippen LogP) is 4.17. The van der Waals surface area contributed by atoms with Crippen LogP contribution in [0.3, 0.4) is 0 Å². The van der Waals surface area contributed by atoms with Gasteiger partial charge >= 0.3 is 0 Å². The maximum atomic E-state index is 12.2. The van der Waals surface area contributed by atoms with E-state index in [1.54, 1.807) is 0 Å². The molecule has 0 radical (unpaired) electrons. The van der Waals surface area contributed by atoms with E-state index in [0.29, 0.717) is 13.0 Å². The van der Waals surface area contributed by atoms with Crippen molar-refractivity contribution in [2.75, 3.05) is 24.6 Å². The van der Waals surface area contributed by atoms with Crippen molar-refractivity contribution < 1.29 is 13.2 Å². The average Bonchev–Trinajstić information content (AvgIpc) is 3.26. The largest absolute Gasteiger partial charge is 0.351 e. The van der Waals surface area contributed by atoms with Crippen LogP contribution in [0.15, 0.2) is 48.5 Å². The lowest BCUT2D eigenvalue weighted by atomic mass is 9.98. The van der Waals surface area contributed by atoms with Crippen molar-refractivity contribution in [1.29, 1.82) is 0 Å². The Morgan fingerprint density at radius 3 is 2.42 bits per heavy atom. The van der Waals surface area contributed by atoms with E-state index in [0.717, 1.165) is 36.1 Å². The van der Waals surface area contributed by atoms with Gasteiger partial charge in [-0.2, -0.15) is 0 Å². The lowest BCUT2D eigenvalue weighted by Crippen LogP contribution is -2.31. The van der Waals surface area contributed by atoms with Crippen LogP contribution in [0.4, 0.5) is 0 Å². The monoisotopic (exact) mass is 442 g/mol. The summed E-state index contributed by atoms with van der Waals surface area (Å²) in [7, 11) is -3.35. The Labute approximate surface area is 186 Å². The molecule has 0 saturated carbocycles. The molecule has 3 rings (SSSR count). The molecule has 1 aliphatic heterocycles. The third kappa shape index (κ3) is 7.47. The van der Waals surface area contributed by atoms with E-state index >= 15 is 0 Å². The Kier molecular flexibility index (Phi) is 8.67. The summed E-state index contributed by atoms with van der Waals surface area (Å²) in [4.78, 5) is 14.7. The number of amides is 1. The minimum absolute atomic E-state index is 0.0780. The zero-order valence-electron chi connectivity index (χ0n) is 18.5. The fourth-order valence-corrected chi connectivity index (χ4v) is 5.32. The first kappa shape index (κ1) is 23.5. The number of hydrogen-bond acceptors (Lipinski definition) is 4. The van der Waals surface area contributed by atoms with Crippen LogP contribution >= 0.6 is 0 Å². The topological polar surface area (TPSA) is 66.5 Å². The quantitative estimate of drug-likeness (QED) is 0.531. The second kappa shape index (κ2) is 11.4. The van der Waals surface area contributed by atoms with Crippen LogP contribution in [-0.4, -0.2) is 43.8 Å². The maximum Gasteiger partial charge on any atom is 0.235 e. The van der Waals surface area contributed by atoms with Gasteiger partial charge in [-0.3, -0.25) is 9.69 Å². The molecule has 1 heterocycles. The number of benzene rings is 2. The standard InChI is InChI=1S/C25H34N2O3S/c1-2-3-8-17-31(29,30)20-25(28)26-18-23-9-4-5-10-24(23)22-13-11-21(12-14-22)19-27-15-6-7-16-27/h4-5,9-14H,2-3,6-8,15-20H2,1H3,(H,26,28). The summed E-state index contributed by atoms with van der Waals surface area (Å²) in [6.45, 7) is 5.69. The molecule has 1 fully saturated rings. The van der Waals surface area contributed by atoms with Gasteiger partial charge < -0.3 is 5.32 Å². The van der Waals surface area contributed by atoms with Gasteiger partial charge in [0.05, 0.1) is 5.75 Å². The second-order valence-electron chi connectivity index (χ2n) is 8.41. The van der Waals surface area contributed by atoms with Gasteiger partial charge in [-0.1, -0.05) is 68.3 Å². The number of carbonyl (C=O) groups excluding carboxylic acids is 1. The third-order valence-corrected chi connectivity index (χ3v) is 7.39. The molecule has 0 bridgehead atoms. The highest BCUT2D eigenvalue weighted by Gasteiger charge is 2.17. The first-order valence-electron chi connectivity index (χ1n) is 11.3. The van der Waals surface area contributed by atoms with Crippen LogP contribution < -0.4 is 5.32 Å². The number of hydrogen-bond donors (Lipinski definition) is 1. The minimum Gasteiger partial charge on any atom is -0.351 e. The van der Waals surface area contributed by atoms with E-state index in [2.05, 4.69) is 34.5 Å². The molecule has 6 heteroatoms. The molecular weight excluding hydrogens is 408 g/mol. The van der Waals surface area contributed by atoms with Gasteiger partial charge in [0.2, 0.25) is 5.91 Å². The molecule has 2 aromatic carbocycles. The third-order valence-electron chi connectivity index (χ3n) is 5.77. The summed E-state index contributed by atoms with van der Waals surface area (Å²) in [6, 6.07) is 16.5. The molecule has 0 aliphatic carbocycles. The summed E-state index contributed by atoms with van der Waals surface area (Å²) in [5, 5.41) is 2.79. The Morgan fingerprint density at radius 1 is 1.00 bits per heavy atom. The van der Waals surface area contributed by atoms with Crippen molar-refractivity contribution in [3.8, 4) is 11.1 Å². The lowest BCUT2D eigenvalue weighted by molar-refractivity contribution is -0.118. The van der Waals surface area contributed by atoms with Crippen molar-refractivity contribution in [3.63, 3.8) is 0 Å². The molecule has 168 valence electrons. The molecule has 1 saturated heterocycles. The van der Waals surface area contributed by atoms with Crippen molar-refractivity contribution in [2.45, 2.75) is 52.1 Å². The van der Waals surface area contributed by atoms with E-state index in [1.807, 2.05) is 31.2 Å². The summed E-state index contributed by atoms with van der Waals surface area (Å²) < 4.78 is 24.2. The van der Waals surface area contributed by atoms with Gasteiger partial charge in [0.1, 0.15) is 5.75 Å². The first-order valence-corrected chi connectivity index (χ1v) is 13.2. The van der Waals surface area contributed by atoms with Gasteiger partial charge in [-0.15, -0.1) is 0 Å². The Morgan fingerprint density at radius 2 is 1.71 bits per heavy atom. The fourth-order valence-electron chi connectivity index (χ4n) is 4.03. The van der Waals surface area contributed by atoms with E-state index < -0.39 is 21.5 Å². The van der Waals surface area contributed by atoms with Crippen molar-refractivity contribution >= 4 is 15.7 Å². The van der Waals surface area contributed by atoms with Crippen LogP contribution in [0, 0.1) is 0 Å². The van der Waals surface area contributed by atoms with E-state index in [4.69, 9.17) is 0 Å². The first-order chi connectivity index (χ1) is 15.0. The zero-order chi connectivity index (χ0) is 22.1. The molecule has 0 aromatic heterocycles. The minimum atomic E-state index is -3.35. The van der Waals surface area contributed by atoms with E-state index in [-0.39, 0.29) is 5.75 Å². The molecular formula is C25H34N2O3S. The lowest BCUT2D eigenvalue weighted by Gasteiger charge is -2.15. The summed E-state index contributed by atoms with van der Waals surface area (Å²) in [6.07, 6.45) is 5.01. The normalized spacial score (nSPS) is 14.6. The van der Waals surface area contributed by atoms with E-state index in [9.17, 15) is 13.2 Å². The van der Waals surface area contributed by atoms with Crippen molar-refractivity contribution in [2.24, 2.45) is 0 Å². The van der Waals surface area contributed by atoms with Crippen LogP contribution in [0.2, 0.25) is 0 Å². The number of sulfone groups is 1. The van der Waals surface area contributed by atoms with Crippen LogP contribution in [0.1, 0.15) is 50.2 Å². The maximum absolute atomic E-state index is 12.2. The number of nitrogens with zero attached hydrogens (tertiary/aromatic N) is 1. The van der Waals surface area contributed by atoms with Crippen molar-refractivity contribution in [1.82, 2.24) is 10.2 Å². The van der Waals surface area contributed by atoms with Crippen LogP contribution in [-0.2, 0) is 27.7 Å². The van der Waals surface area contributed by atoms with Crippen LogP contribution in [0.25, 0.3) is 11.1 Å². The Bertz CT molecular complexity index is 949. The smallest absolute Gasteiger partial charge is 0.235 e. The van der Waals surface area contributed by atoms with Gasteiger partial charge in [0, 0.05) is 13.1 Å². The number of unbranched alkanes of at least 4 members (excludes halogenated alkanes) is 2. The molecule has 5 nitrogen and oxygen atoms in total. The molecule has 0 spiro atoms. The van der Waals surface area contributed by atoms with Gasteiger partial charge in [0.15, 0.2) is 9.84 Å². The summed E-state index contributed by atoms with van der Waals surface area (Å²) >= 11 is 0. The summed E-state index contributed by atoms with van der Waals surface area (Å²) in [5.74, 6) is -0.800. The Hall–Kier alpha value is -2.18. The van der Waals surface area contributed by atoms with Crippen molar-refractivity contribution in [3.05, 3.63) is 59.7 Å². The summed E-state index contributed by atoms with van der Waals surface area (Å²) in [5.41, 5.74) is 4.44. The predicted molar refractivity (Wildman–Crippen MR) is 126 cm³/mol. The molecule has 0 unspecified atom stereocenters. The second-order valence-corrected chi connectivity index (χ2v) is 10.6. The molecule has 0 atom stereocenters.